The summed E-state index contributed by atoms with van der Waals surface area (Å²) in [6.07, 6.45) is 2.14. The molecule has 1 saturated heterocycles. The van der Waals surface area contributed by atoms with E-state index >= 15 is 0 Å². The van der Waals surface area contributed by atoms with Crippen LogP contribution in [0.4, 0.5) is 0 Å². The van der Waals surface area contributed by atoms with Gasteiger partial charge >= 0.3 is 5.97 Å². The van der Waals surface area contributed by atoms with Crippen molar-refractivity contribution < 1.29 is 14.3 Å². The molecular weight excluding hydrogens is 244 g/mol. The predicted octanol–water partition coefficient (Wildman–Crippen LogP) is 1.40. The first-order chi connectivity index (χ1) is 9.14. The lowest BCUT2D eigenvalue weighted by molar-refractivity contribution is -0.148. The van der Waals surface area contributed by atoms with Crippen LogP contribution in [0.3, 0.4) is 0 Å². The molecule has 1 aliphatic heterocycles. The van der Waals surface area contributed by atoms with E-state index in [9.17, 15) is 4.79 Å². The van der Waals surface area contributed by atoms with E-state index in [4.69, 9.17) is 9.47 Å². The summed E-state index contributed by atoms with van der Waals surface area (Å²) in [6, 6.07) is 6.13. The monoisotopic (exact) mass is 260 g/mol. The average Bonchev–Trinajstić information content (AvgIpc) is 2.75. The van der Waals surface area contributed by atoms with Crippen LogP contribution in [0.25, 0.3) is 11.0 Å². The molecule has 1 aromatic carbocycles. The van der Waals surface area contributed by atoms with Crippen LogP contribution in [-0.2, 0) is 26.7 Å². The molecule has 0 spiro atoms. The molecule has 5 nitrogen and oxygen atoms in total. The van der Waals surface area contributed by atoms with Gasteiger partial charge in [0.25, 0.3) is 0 Å². The Morgan fingerprint density at radius 1 is 1.53 bits per heavy atom. The Labute approximate surface area is 111 Å². The fraction of sp³-hybridized carbons (Fsp3) is 0.429. The molecule has 2 aromatic rings. The van der Waals surface area contributed by atoms with Crippen molar-refractivity contribution in [2.45, 2.75) is 11.8 Å². The Bertz CT molecular complexity index is 629. The largest absolute Gasteiger partial charge is 0.469 e. The van der Waals surface area contributed by atoms with Gasteiger partial charge in [0, 0.05) is 7.05 Å². The molecule has 0 atom stereocenters. The zero-order chi connectivity index (χ0) is 13.5. The average molecular weight is 260 g/mol. The Kier molecular flexibility index (Phi) is 2.78. The van der Waals surface area contributed by atoms with E-state index in [0.29, 0.717) is 19.6 Å². The first-order valence-electron chi connectivity index (χ1n) is 6.21. The minimum atomic E-state index is -0.251. The topological polar surface area (TPSA) is 53.3 Å². The highest BCUT2D eigenvalue weighted by atomic mass is 16.5. The van der Waals surface area contributed by atoms with Gasteiger partial charge in [0.05, 0.1) is 49.5 Å². The van der Waals surface area contributed by atoms with Gasteiger partial charge < -0.3 is 14.0 Å². The van der Waals surface area contributed by atoms with E-state index in [2.05, 4.69) is 11.1 Å². The number of nitrogens with zero attached hydrogens (tertiary/aromatic N) is 2. The predicted molar refractivity (Wildman–Crippen MR) is 69.8 cm³/mol. The number of esters is 1. The molecule has 1 aromatic heterocycles. The van der Waals surface area contributed by atoms with Crippen molar-refractivity contribution in [3.63, 3.8) is 0 Å². The summed E-state index contributed by atoms with van der Waals surface area (Å²) in [4.78, 5) is 15.9. The van der Waals surface area contributed by atoms with Crippen LogP contribution >= 0.6 is 0 Å². The van der Waals surface area contributed by atoms with Gasteiger partial charge in [0.2, 0.25) is 0 Å². The lowest BCUT2D eigenvalue weighted by atomic mass is 9.76. The first-order valence-corrected chi connectivity index (χ1v) is 6.21. The van der Waals surface area contributed by atoms with Crippen molar-refractivity contribution in [2.75, 3.05) is 20.3 Å². The molecular formula is C14H16N2O3. The number of carbonyl (C=O) groups is 1. The molecule has 0 saturated carbocycles. The zero-order valence-electron chi connectivity index (χ0n) is 11.0. The van der Waals surface area contributed by atoms with Crippen LogP contribution in [0, 0.1) is 0 Å². The quantitative estimate of drug-likeness (QED) is 0.783. The molecule has 0 radical (unpaired) electrons. The molecule has 0 bridgehead atoms. The lowest BCUT2D eigenvalue weighted by Gasteiger charge is -2.41. The van der Waals surface area contributed by atoms with Crippen LogP contribution in [0.1, 0.15) is 12.0 Å². The number of rotatable bonds is 3. The van der Waals surface area contributed by atoms with Crippen LogP contribution in [0.2, 0.25) is 0 Å². The van der Waals surface area contributed by atoms with Crippen LogP contribution in [0.15, 0.2) is 24.5 Å². The van der Waals surface area contributed by atoms with Gasteiger partial charge in [-0.3, -0.25) is 4.79 Å². The third-order valence-corrected chi connectivity index (χ3v) is 3.80. The molecule has 0 aliphatic carbocycles. The fourth-order valence-electron chi connectivity index (χ4n) is 2.53. The van der Waals surface area contributed by atoms with Crippen molar-refractivity contribution in [1.29, 1.82) is 0 Å². The Morgan fingerprint density at radius 3 is 2.95 bits per heavy atom. The molecule has 100 valence electrons. The van der Waals surface area contributed by atoms with E-state index in [-0.39, 0.29) is 11.4 Å². The normalized spacial score (nSPS) is 17.2. The van der Waals surface area contributed by atoms with Gasteiger partial charge in [-0.2, -0.15) is 0 Å². The van der Waals surface area contributed by atoms with Crippen LogP contribution in [-0.4, -0.2) is 35.8 Å². The van der Waals surface area contributed by atoms with Crippen molar-refractivity contribution in [2.24, 2.45) is 7.05 Å². The van der Waals surface area contributed by atoms with Crippen LogP contribution in [0.5, 0.6) is 0 Å². The standard InChI is InChI=1S/C14H16N2O3/c1-16-9-15-11-5-10(3-4-12(11)16)14(7-19-8-14)6-13(17)18-2/h3-5,9H,6-8H2,1-2H3. The second kappa shape index (κ2) is 4.35. The summed E-state index contributed by atoms with van der Waals surface area (Å²) < 4.78 is 12.1. The summed E-state index contributed by atoms with van der Waals surface area (Å²) >= 11 is 0. The minimum absolute atomic E-state index is 0.204. The smallest absolute Gasteiger partial charge is 0.306 e. The number of aryl methyl sites for hydroxylation is 1. The minimum Gasteiger partial charge on any atom is -0.469 e. The number of hydrogen-bond donors (Lipinski definition) is 0. The van der Waals surface area contributed by atoms with Crippen molar-refractivity contribution in [3.8, 4) is 0 Å². The van der Waals surface area contributed by atoms with E-state index in [1.165, 1.54) is 7.11 Å². The van der Waals surface area contributed by atoms with Gasteiger partial charge in [-0.15, -0.1) is 0 Å². The first kappa shape index (κ1) is 12.2. The van der Waals surface area contributed by atoms with E-state index < -0.39 is 0 Å². The summed E-state index contributed by atoms with van der Waals surface area (Å²) in [5.41, 5.74) is 2.86. The number of methoxy groups -OCH3 is 1. The molecule has 5 heteroatoms. The highest BCUT2D eigenvalue weighted by molar-refractivity contribution is 5.77. The number of benzene rings is 1. The molecule has 2 heterocycles. The second-order valence-corrected chi connectivity index (χ2v) is 5.09. The summed E-state index contributed by atoms with van der Waals surface area (Å²) in [5.74, 6) is -0.204. The number of fused-ring (bicyclic) bond motifs is 1. The molecule has 3 rings (SSSR count). The molecule has 0 unspecified atom stereocenters. The van der Waals surface area contributed by atoms with Gasteiger partial charge in [0.1, 0.15) is 0 Å². The maximum absolute atomic E-state index is 11.6. The third kappa shape index (κ3) is 1.90. The van der Waals surface area contributed by atoms with E-state index in [1.54, 1.807) is 6.33 Å². The third-order valence-electron chi connectivity index (χ3n) is 3.80. The molecule has 0 amide bonds. The maximum Gasteiger partial charge on any atom is 0.306 e. The zero-order valence-corrected chi connectivity index (χ0v) is 11.0. The van der Waals surface area contributed by atoms with Crippen molar-refractivity contribution in [3.05, 3.63) is 30.1 Å². The van der Waals surface area contributed by atoms with Gasteiger partial charge in [-0.1, -0.05) is 6.07 Å². The van der Waals surface area contributed by atoms with E-state index in [1.807, 2.05) is 23.7 Å². The maximum atomic E-state index is 11.6. The lowest BCUT2D eigenvalue weighted by Crippen LogP contribution is -2.48. The highest BCUT2D eigenvalue weighted by Gasteiger charge is 2.42. The molecule has 0 N–H and O–H groups in total. The Morgan fingerprint density at radius 2 is 2.32 bits per heavy atom. The molecule has 1 fully saturated rings. The summed E-state index contributed by atoms with van der Waals surface area (Å²) in [5, 5.41) is 0. The van der Waals surface area contributed by atoms with Gasteiger partial charge in [-0.25, -0.2) is 4.98 Å². The summed E-state index contributed by atoms with van der Waals surface area (Å²) in [6.45, 7) is 1.11. The number of ether oxygens (including phenoxy) is 2. The Hall–Kier alpha value is -1.88. The fourth-order valence-corrected chi connectivity index (χ4v) is 2.53. The highest BCUT2D eigenvalue weighted by Crippen LogP contribution is 2.37. The van der Waals surface area contributed by atoms with Crippen molar-refractivity contribution in [1.82, 2.24) is 9.55 Å². The molecule has 1 aliphatic rings. The number of imidazole rings is 1. The number of aromatic nitrogens is 2. The summed E-state index contributed by atoms with van der Waals surface area (Å²) in [7, 11) is 3.38. The van der Waals surface area contributed by atoms with E-state index in [0.717, 1.165) is 16.6 Å². The van der Waals surface area contributed by atoms with Gasteiger partial charge in [-0.05, 0) is 17.7 Å². The number of hydrogen-bond acceptors (Lipinski definition) is 4. The van der Waals surface area contributed by atoms with Crippen LogP contribution < -0.4 is 0 Å². The Balaban J connectivity index is 1.99. The SMILES string of the molecule is COC(=O)CC1(c2ccc3c(c2)ncn3C)COC1. The van der Waals surface area contributed by atoms with Crippen molar-refractivity contribution >= 4 is 17.0 Å². The second-order valence-electron chi connectivity index (χ2n) is 5.09. The molecule has 19 heavy (non-hydrogen) atoms. The van der Waals surface area contributed by atoms with Gasteiger partial charge in [0.15, 0.2) is 0 Å². The number of carbonyl (C=O) groups excluding carboxylic acids is 1.